The highest BCUT2D eigenvalue weighted by atomic mass is 19.1. The molecule has 2 N–H and O–H groups in total. The summed E-state index contributed by atoms with van der Waals surface area (Å²) in [5.41, 5.74) is 0.235. The first-order chi connectivity index (χ1) is 12.5. The lowest BCUT2D eigenvalue weighted by Crippen LogP contribution is -2.50. The first-order valence-corrected chi connectivity index (χ1v) is 9.28. The first kappa shape index (κ1) is 20.6. The lowest BCUT2D eigenvalue weighted by molar-refractivity contribution is -0.0284. The van der Waals surface area contributed by atoms with Crippen molar-refractivity contribution in [2.75, 3.05) is 39.3 Å². The molecule has 1 unspecified atom stereocenters. The van der Waals surface area contributed by atoms with Gasteiger partial charge in [0.05, 0.1) is 19.3 Å². The number of halogens is 2. The standard InChI is InChI=1S/C19H30F2N4O/c1-4-22-19(23-10-15-9-16(20)5-6-18(15)21)24-11-17-13-25(7-8-26-17)12-14(2)3/h5-6,9,14,17H,4,7-8,10-13H2,1-3H3,(H2,22,23,24). The van der Waals surface area contributed by atoms with Crippen molar-refractivity contribution in [1.82, 2.24) is 15.5 Å². The van der Waals surface area contributed by atoms with Crippen LogP contribution in [0.3, 0.4) is 0 Å². The molecule has 0 saturated carbocycles. The molecule has 1 atom stereocenters. The van der Waals surface area contributed by atoms with Gasteiger partial charge in [-0.25, -0.2) is 13.8 Å². The zero-order valence-electron chi connectivity index (χ0n) is 15.9. The van der Waals surface area contributed by atoms with Crippen molar-refractivity contribution in [2.45, 2.75) is 33.4 Å². The Kier molecular flexibility index (Phi) is 8.25. The second-order valence-corrected chi connectivity index (χ2v) is 6.96. The van der Waals surface area contributed by atoms with Crippen molar-refractivity contribution in [1.29, 1.82) is 0 Å². The molecule has 26 heavy (non-hydrogen) atoms. The lowest BCUT2D eigenvalue weighted by Gasteiger charge is -2.34. The Bertz CT molecular complexity index is 595. The molecule has 1 aliphatic rings. The molecule has 0 aliphatic carbocycles. The monoisotopic (exact) mass is 368 g/mol. The number of hydrogen-bond donors (Lipinski definition) is 2. The second kappa shape index (κ2) is 10.4. The average molecular weight is 368 g/mol. The fraction of sp³-hybridized carbons (Fsp3) is 0.632. The normalized spacial score (nSPS) is 19.0. The van der Waals surface area contributed by atoms with Crippen LogP contribution in [0.15, 0.2) is 23.2 Å². The Labute approximate surface area is 154 Å². The van der Waals surface area contributed by atoms with E-state index < -0.39 is 11.6 Å². The third-order valence-corrected chi connectivity index (χ3v) is 4.10. The molecular formula is C19H30F2N4O. The average Bonchev–Trinajstić information content (AvgIpc) is 2.60. The maximum absolute atomic E-state index is 13.7. The molecule has 1 saturated heterocycles. The minimum Gasteiger partial charge on any atom is -0.374 e. The molecule has 0 spiro atoms. The second-order valence-electron chi connectivity index (χ2n) is 6.96. The van der Waals surface area contributed by atoms with Gasteiger partial charge in [-0.05, 0) is 31.0 Å². The minimum atomic E-state index is -0.463. The molecule has 7 heteroatoms. The van der Waals surface area contributed by atoms with Crippen molar-refractivity contribution in [3.8, 4) is 0 Å². The van der Waals surface area contributed by atoms with Gasteiger partial charge in [0.2, 0.25) is 0 Å². The van der Waals surface area contributed by atoms with Crippen LogP contribution in [0.25, 0.3) is 0 Å². The summed E-state index contributed by atoms with van der Waals surface area (Å²) in [6.45, 7) is 11.4. The van der Waals surface area contributed by atoms with Gasteiger partial charge in [-0.3, -0.25) is 4.90 Å². The Balaban J connectivity index is 1.89. The SMILES string of the molecule is CCNC(=NCc1cc(F)ccc1F)NCC1CN(CC(C)C)CCO1. The van der Waals surface area contributed by atoms with Gasteiger partial charge in [0.25, 0.3) is 0 Å². The highest BCUT2D eigenvalue weighted by molar-refractivity contribution is 5.79. The molecule has 0 amide bonds. The number of nitrogens with zero attached hydrogens (tertiary/aromatic N) is 2. The van der Waals surface area contributed by atoms with E-state index in [2.05, 4.69) is 34.4 Å². The van der Waals surface area contributed by atoms with E-state index in [1.807, 2.05) is 6.92 Å². The molecule has 0 bridgehead atoms. The number of benzene rings is 1. The summed E-state index contributed by atoms with van der Waals surface area (Å²) >= 11 is 0. The Hall–Kier alpha value is -1.73. The van der Waals surface area contributed by atoms with Gasteiger partial charge in [0.1, 0.15) is 11.6 Å². The summed E-state index contributed by atoms with van der Waals surface area (Å²) in [4.78, 5) is 6.77. The van der Waals surface area contributed by atoms with Crippen molar-refractivity contribution in [2.24, 2.45) is 10.9 Å². The minimum absolute atomic E-state index is 0.0733. The van der Waals surface area contributed by atoms with Gasteiger partial charge < -0.3 is 15.4 Å². The van der Waals surface area contributed by atoms with Crippen LogP contribution < -0.4 is 10.6 Å². The number of morpholine rings is 1. The van der Waals surface area contributed by atoms with Crippen LogP contribution in [0.4, 0.5) is 8.78 Å². The molecule has 5 nitrogen and oxygen atoms in total. The van der Waals surface area contributed by atoms with E-state index in [0.29, 0.717) is 25.0 Å². The molecule has 1 heterocycles. The molecule has 0 radical (unpaired) electrons. The van der Waals surface area contributed by atoms with Gasteiger partial charge in [0, 0.05) is 38.3 Å². The Morgan fingerprint density at radius 2 is 2.15 bits per heavy atom. The third-order valence-electron chi connectivity index (χ3n) is 4.10. The predicted octanol–water partition coefficient (Wildman–Crippen LogP) is 2.38. The van der Waals surface area contributed by atoms with E-state index in [-0.39, 0.29) is 18.2 Å². The zero-order chi connectivity index (χ0) is 18.9. The van der Waals surface area contributed by atoms with Crippen molar-refractivity contribution in [3.05, 3.63) is 35.4 Å². The third kappa shape index (κ3) is 6.88. The highest BCUT2D eigenvalue weighted by Gasteiger charge is 2.21. The maximum Gasteiger partial charge on any atom is 0.191 e. The lowest BCUT2D eigenvalue weighted by atomic mass is 10.2. The number of ether oxygens (including phenoxy) is 1. The molecule has 146 valence electrons. The topological polar surface area (TPSA) is 48.9 Å². The van der Waals surface area contributed by atoms with E-state index >= 15 is 0 Å². The van der Waals surface area contributed by atoms with Crippen LogP contribution in [0, 0.1) is 17.6 Å². The summed E-state index contributed by atoms with van der Waals surface area (Å²) in [6.07, 6.45) is 0.0808. The number of guanidine groups is 1. The molecular weight excluding hydrogens is 338 g/mol. The smallest absolute Gasteiger partial charge is 0.191 e. The summed E-state index contributed by atoms with van der Waals surface area (Å²) < 4.78 is 32.8. The van der Waals surface area contributed by atoms with E-state index in [9.17, 15) is 8.78 Å². The van der Waals surface area contributed by atoms with Crippen molar-refractivity contribution >= 4 is 5.96 Å². The highest BCUT2D eigenvalue weighted by Crippen LogP contribution is 2.11. The fourth-order valence-corrected chi connectivity index (χ4v) is 2.97. The van der Waals surface area contributed by atoms with Gasteiger partial charge >= 0.3 is 0 Å². The van der Waals surface area contributed by atoms with Crippen LogP contribution in [0.5, 0.6) is 0 Å². The van der Waals surface area contributed by atoms with Gasteiger partial charge in [0.15, 0.2) is 5.96 Å². The van der Waals surface area contributed by atoms with E-state index in [1.165, 1.54) is 6.07 Å². The van der Waals surface area contributed by atoms with Crippen molar-refractivity contribution in [3.63, 3.8) is 0 Å². The van der Waals surface area contributed by atoms with Crippen LogP contribution in [0.1, 0.15) is 26.3 Å². The van der Waals surface area contributed by atoms with Crippen LogP contribution in [0.2, 0.25) is 0 Å². The van der Waals surface area contributed by atoms with E-state index in [1.54, 1.807) is 0 Å². The number of rotatable bonds is 7. The maximum atomic E-state index is 13.7. The molecule has 1 aromatic rings. The summed E-state index contributed by atoms with van der Waals surface area (Å²) in [7, 11) is 0. The fourth-order valence-electron chi connectivity index (χ4n) is 2.97. The number of nitrogens with one attached hydrogen (secondary N) is 2. The Morgan fingerprint density at radius 3 is 2.88 bits per heavy atom. The van der Waals surface area contributed by atoms with Crippen LogP contribution in [-0.4, -0.2) is 56.3 Å². The molecule has 2 rings (SSSR count). The Morgan fingerprint density at radius 1 is 1.35 bits per heavy atom. The molecule has 1 aliphatic heterocycles. The number of aliphatic imine (C=N–C) groups is 1. The predicted molar refractivity (Wildman–Crippen MR) is 100 cm³/mol. The molecule has 0 aromatic heterocycles. The van der Waals surface area contributed by atoms with E-state index in [0.717, 1.165) is 38.4 Å². The van der Waals surface area contributed by atoms with Gasteiger partial charge in [-0.1, -0.05) is 13.8 Å². The summed E-state index contributed by atoms with van der Waals surface area (Å²) in [5, 5.41) is 6.36. The first-order valence-electron chi connectivity index (χ1n) is 9.28. The summed E-state index contributed by atoms with van der Waals surface area (Å²) in [5.74, 6) is 0.281. The van der Waals surface area contributed by atoms with Crippen molar-refractivity contribution < 1.29 is 13.5 Å². The molecule has 1 aromatic carbocycles. The summed E-state index contributed by atoms with van der Waals surface area (Å²) in [6, 6.07) is 3.41. The van der Waals surface area contributed by atoms with Crippen LogP contribution in [-0.2, 0) is 11.3 Å². The largest absolute Gasteiger partial charge is 0.374 e. The quantitative estimate of drug-likeness (QED) is 0.573. The van der Waals surface area contributed by atoms with Gasteiger partial charge in [-0.15, -0.1) is 0 Å². The van der Waals surface area contributed by atoms with Gasteiger partial charge in [-0.2, -0.15) is 0 Å². The molecule has 1 fully saturated rings. The van der Waals surface area contributed by atoms with Crippen LogP contribution >= 0.6 is 0 Å². The van der Waals surface area contributed by atoms with E-state index in [4.69, 9.17) is 4.74 Å². The zero-order valence-corrected chi connectivity index (χ0v) is 15.9. The number of hydrogen-bond acceptors (Lipinski definition) is 3.